The van der Waals surface area contributed by atoms with Crippen LogP contribution in [0.5, 0.6) is 0 Å². The zero-order valence-electron chi connectivity index (χ0n) is 15.8. The first-order valence-corrected chi connectivity index (χ1v) is 9.68. The topological polar surface area (TPSA) is 70.2 Å². The Morgan fingerprint density at radius 3 is 2.44 bits per heavy atom. The minimum atomic E-state index is 0.0655. The first-order valence-electron chi connectivity index (χ1n) is 9.30. The van der Waals surface area contributed by atoms with Gasteiger partial charge in [-0.15, -0.1) is 0 Å². The summed E-state index contributed by atoms with van der Waals surface area (Å²) in [6.07, 6.45) is 6.05. The van der Waals surface area contributed by atoms with E-state index < -0.39 is 0 Å². The second kappa shape index (κ2) is 9.04. The van der Waals surface area contributed by atoms with Gasteiger partial charge < -0.3 is 15.5 Å². The standard InChI is InChI=1S/C20H26ClN5O/c1-26(2)18-11-12-22-20(25-18)24-17-9-7-16(8-10-17)23-19(27)13-14-3-5-15(21)6-4-14/h3-6,11-12,16-17H,7-10,13H2,1-2H3,(H,23,27)(H,22,24,25). The van der Waals surface area contributed by atoms with Crippen LogP contribution in [0.25, 0.3) is 0 Å². The Kier molecular flexibility index (Phi) is 6.50. The molecule has 1 aliphatic carbocycles. The summed E-state index contributed by atoms with van der Waals surface area (Å²) in [6, 6.07) is 9.87. The Balaban J connectivity index is 1.44. The SMILES string of the molecule is CN(C)c1ccnc(NC2CCC(NC(=O)Cc3ccc(Cl)cc3)CC2)n1. The number of hydrogen-bond acceptors (Lipinski definition) is 5. The third-order valence-electron chi connectivity index (χ3n) is 4.80. The fourth-order valence-electron chi connectivity index (χ4n) is 3.30. The molecule has 1 aromatic carbocycles. The van der Waals surface area contributed by atoms with Crippen molar-refractivity contribution in [2.24, 2.45) is 0 Å². The summed E-state index contributed by atoms with van der Waals surface area (Å²) >= 11 is 5.88. The molecule has 0 unspecified atom stereocenters. The van der Waals surface area contributed by atoms with Gasteiger partial charge in [0.2, 0.25) is 11.9 Å². The van der Waals surface area contributed by atoms with Crippen molar-refractivity contribution in [1.29, 1.82) is 0 Å². The number of carbonyl (C=O) groups excluding carboxylic acids is 1. The molecular weight excluding hydrogens is 362 g/mol. The third-order valence-corrected chi connectivity index (χ3v) is 5.05. The number of carbonyl (C=O) groups is 1. The smallest absolute Gasteiger partial charge is 0.224 e. The van der Waals surface area contributed by atoms with Gasteiger partial charge >= 0.3 is 0 Å². The molecule has 0 radical (unpaired) electrons. The Hall–Kier alpha value is -2.34. The van der Waals surface area contributed by atoms with E-state index in [-0.39, 0.29) is 11.9 Å². The maximum absolute atomic E-state index is 12.3. The van der Waals surface area contributed by atoms with Crippen molar-refractivity contribution in [2.75, 3.05) is 24.3 Å². The van der Waals surface area contributed by atoms with E-state index in [1.165, 1.54) is 0 Å². The highest BCUT2D eigenvalue weighted by atomic mass is 35.5. The highest BCUT2D eigenvalue weighted by Crippen LogP contribution is 2.22. The molecule has 1 aliphatic rings. The summed E-state index contributed by atoms with van der Waals surface area (Å²) in [5, 5.41) is 7.26. The number of nitrogens with one attached hydrogen (secondary N) is 2. The first-order chi connectivity index (χ1) is 13.0. The lowest BCUT2D eigenvalue weighted by atomic mass is 9.91. The van der Waals surface area contributed by atoms with Crippen LogP contribution in [0.3, 0.4) is 0 Å². The summed E-state index contributed by atoms with van der Waals surface area (Å²) in [5.41, 5.74) is 0.977. The van der Waals surface area contributed by atoms with Gasteiger partial charge in [-0.05, 0) is 49.4 Å². The molecule has 7 heteroatoms. The molecule has 6 nitrogen and oxygen atoms in total. The van der Waals surface area contributed by atoms with E-state index in [1.54, 1.807) is 6.20 Å². The highest BCUT2D eigenvalue weighted by molar-refractivity contribution is 6.30. The second-order valence-electron chi connectivity index (χ2n) is 7.20. The molecule has 27 heavy (non-hydrogen) atoms. The fourth-order valence-corrected chi connectivity index (χ4v) is 3.42. The zero-order chi connectivity index (χ0) is 19.2. The predicted octanol–water partition coefficient (Wildman–Crippen LogP) is 3.28. The van der Waals surface area contributed by atoms with Gasteiger partial charge in [0, 0.05) is 37.4 Å². The van der Waals surface area contributed by atoms with Crippen LogP contribution in [0, 0.1) is 0 Å². The van der Waals surface area contributed by atoms with Gasteiger partial charge in [0.1, 0.15) is 5.82 Å². The number of anilines is 2. The van der Waals surface area contributed by atoms with E-state index in [0.717, 1.165) is 37.1 Å². The average molecular weight is 388 g/mol. The normalized spacial score (nSPS) is 19.4. The molecule has 0 spiro atoms. The van der Waals surface area contributed by atoms with Crippen LogP contribution in [0.15, 0.2) is 36.5 Å². The zero-order valence-corrected chi connectivity index (χ0v) is 16.5. The molecule has 1 aromatic heterocycles. The van der Waals surface area contributed by atoms with Crippen molar-refractivity contribution in [1.82, 2.24) is 15.3 Å². The lowest BCUT2D eigenvalue weighted by Crippen LogP contribution is -2.40. The number of benzene rings is 1. The molecule has 0 saturated heterocycles. The molecular formula is C20H26ClN5O. The molecule has 144 valence electrons. The van der Waals surface area contributed by atoms with Gasteiger partial charge in [-0.2, -0.15) is 4.98 Å². The van der Waals surface area contributed by atoms with E-state index in [2.05, 4.69) is 20.6 Å². The van der Waals surface area contributed by atoms with Crippen molar-refractivity contribution in [2.45, 2.75) is 44.2 Å². The van der Waals surface area contributed by atoms with Crippen LogP contribution in [-0.4, -0.2) is 42.1 Å². The molecule has 2 aromatic rings. The number of amides is 1. The third kappa shape index (κ3) is 5.82. The number of hydrogen-bond donors (Lipinski definition) is 2. The summed E-state index contributed by atoms with van der Waals surface area (Å²) in [5.74, 6) is 1.61. The van der Waals surface area contributed by atoms with Crippen LogP contribution < -0.4 is 15.5 Å². The van der Waals surface area contributed by atoms with Crippen molar-refractivity contribution in [3.05, 3.63) is 47.1 Å². The Bertz CT molecular complexity index is 757. The van der Waals surface area contributed by atoms with E-state index >= 15 is 0 Å². The van der Waals surface area contributed by atoms with Crippen LogP contribution >= 0.6 is 11.6 Å². The van der Waals surface area contributed by atoms with Crippen LogP contribution in [0.4, 0.5) is 11.8 Å². The van der Waals surface area contributed by atoms with Crippen LogP contribution in [0.1, 0.15) is 31.2 Å². The minimum Gasteiger partial charge on any atom is -0.363 e. The van der Waals surface area contributed by atoms with Crippen molar-refractivity contribution in [3.8, 4) is 0 Å². The number of halogens is 1. The molecule has 0 bridgehead atoms. The van der Waals surface area contributed by atoms with Gasteiger partial charge in [-0.25, -0.2) is 4.98 Å². The van der Waals surface area contributed by atoms with E-state index in [1.807, 2.05) is 49.3 Å². The van der Waals surface area contributed by atoms with Gasteiger partial charge in [-0.3, -0.25) is 4.79 Å². The maximum atomic E-state index is 12.3. The summed E-state index contributed by atoms with van der Waals surface area (Å²) < 4.78 is 0. The number of aromatic nitrogens is 2. The van der Waals surface area contributed by atoms with Crippen molar-refractivity contribution in [3.63, 3.8) is 0 Å². The lowest BCUT2D eigenvalue weighted by Gasteiger charge is -2.29. The molecule has 1 saturated carbocycles. The predicted molar refractivity (Wildman–Crippen MR) is 109 cm³/mol. The van der Waals surface area contributed by atoms with Gasteiger partial charge in [-0.1, -0.05) is 23.7 Å². The maximum Gasteiger partial charge on any atom is 0.224 e. The Labute approximate surface area is 165 Å². The fraction of sp³-hybridized carbons (Fsp3) is 0.450. The Morgan fingerprint density at radius 2 is 1.78 bits per heavy atom. The molecule has 0 atom stereocenters. The molecule has 1 heterocycles. The molecule has 1 amide bonds. The summed E-state index contributed by atoms with van der Waals surface area (Å²) in [6.45, 7) is 0. The van der Waals surface area contributed by atoms with Gasteiger partial charge in [0.05, 0.1) is 6.42 Å². The monoisotopic (exact) mass is 387 g/mol. The van der Waals surface area contributed by atoms with Crippen LogP contribution in [0.2, 0.25) is 5.02 Å². The summed E-state index contributed by atoms with van der Waals surface area (Å²) in [7, 11) is 3.92. The molecule has 2 N–H and O–H groups in total. The quantitative estimate of drug-likeness (QED) is 0.796. The minimum absolute atomic E-state index is 0.0655. The first kappa shape index (κ1) is 19.4. The number of rotatable bonds is 6. The molecule has 1 fully saturated rings. The van der Waals surface area contributed by atoms with Gasteiger partial charge in [0.25, 0.3) is 0 Å². The van der Waals surface area contributed by atoms with Crippen molar-refractivity contribution >= 4 is 29.3 Å². The van der Waals surface area contributed by atoms with Crippen LogP contribution in [-0.2, 0) is 11.2 Å². The van der Waals surface area contributed by atoms with E-state index in [0.29, 0.717) is 23.4 Å². The molecule has 3 rings (SSSR count). The summed E-state index contributed by atoms with van der Waals surface area (Å²) in [4.78, 5) is 23.0. The lowest BCUT2D eigenvalue weighted by molar-refractivity contribution is -0.121. The number of nitrogens with zero attached hydrogens (tertiary/aromatic N) is 3. The molecule has 0 aliphatic heterocycles. The van der Waals surface area contributed by atoms with Gasteiger partial charge in [0.15, 0.2) is 0 Å². The second-order valence-corrected chi connectivity index (χ2v) is 7.63. The average Bonchev–Trinajstić information content (AvgIpc) is 2.65. The van der Waals surface area contributed by atoms with E-state index in [9.17, 15) is 4.79 Å². The highest BCUT2D eigenvalue weighted by Gasteiger charge is 2.23. The largest absolute Gasteiger partial charge is 0.363 e. The van der Waals surface area contributed by atoms with E-state index in [4.69, 9.17) is 11.6 Å². The Morgan fingerprint density at radius 1 is 1.11 bits per heavy atom. The van der Waals surface area contributed by atoms with Crippen molar-refractivity contribution < 1.29 is 4.79 Å².